The molecule has 8 aromatic heterocycles. The Morgan fingerprint density at radius 1 is 0.157 bits per heavy atom. The van der Waals surface area contributed by atoms with Gasteiger partial charge in [-0.25, -0.2) is 4.98 Å². The number of hydrogen-bond donors (Lipinski definition) is 0. The summed E-state index contributed by atoms with van der Waals surface area (Å²) in [5, 5.41) is 0. The molecule has 0 amide bonds. The molecule has 656 valence electrons. The maximum atomic E-state index is 4.85. The molecule has 12 nitrogen and oxygen atoms in total. The summed E-state index contributed by atoms with van der Waals surface area (Å²) in [6.45, 7) is 0. The van der Waals surface area contributed by atoms with Crippen LogP contribution in [-0.4, -0.2) is 39.9 Å². The van der Waals surface area contributed by atoms with Crippen LogP contribution in [0.1, 0.15) is 179 Å². The maximum absolute atomic E-state index is 4.85. The Hall–Kier alpha value is -17.0. The number of anilines is 12. The first-order chi connectivity index (χ1) is 69.3. The first-order valence-corrected chi connectivity index (χ1v) is 49.7. The molecular formula is C128H84N12. The lowest BCUT2D eigenvalue weighted by Crippen LogP contribution is -2.26. The summed E-state index contributed by atoms with van der Waals surface area (Å²) in [6, 6.07) is 96.1. The average molecular weight is 1790 g/mol. The molecule has 16 heterocycles. The van der Waals surface area contributed by atoms with Crippen molar-refractivity contribution in [3.8, 4) is 89.0 Å². The molecule has 20 aromatic rings. The minimum absolute atomic E-state index is 0.800. The first-order valence-electron chi connectivity index (χ1n) is 49.7. The summed E-state index contributed by atoms with van der Waals surface area (Å²) in [4.78, 5) is 47.3. The highest BCUT2D eigenvalue weighted by molar-refractivity contribution is 6.01. The van der Waals surface area contributed by atoms with Crippen molar-refractivity contribution in [2.75, 3.05) is 19.6 Å². The van der Waals surface area contributed by atoms with Gasteiger partial charge in [-0.05, 0) is 389 Å². The molecule has 0 spiro atoms. The summed E-state index contributed by atoms with van der Waals surface area (Å²) in [6.07, 6.45) is 34.9. The van der Waals surface area contributed by atoms with Gasteiger partial charge in [-0.1, -0.05) is 146 Å². The third kappa shape index (κ3) is 10.8. The average Bonchev–Trinajstić information content (AvgIpc) is 1.34. The third-order valence-electron chi connectivity index (χ3n) is 33.6. The van der Waals surface area contributed by atoms with Crippen LogP contribution in [0, 0.1) is 0 Å². The maximum Gasteiger partial charge on any atom is 0.141 e. The van der Waals surface area contributed by atoms with Gasteiger partial charge >= 0.3 is 0 Å². The van der Waals surface area contributed by atoms with Gasteiger partial charge in [0.05, 0.1) is 97.2 Å². The van der Waals surface area contributed by atoms with E-state index in [0.717, 1.165) is 131 Å². The molecule has 8 aliphatic heterocycles. The molecule has 0 radical (unpaired) electrons. The van der Waals surface area contributed by atoms with E-state index < -0.39 is 0 Å². The van der Waals surface area contributed by atoms with Crippen molar-refractivity contribution in [3.05, 3.63) is 495 Å². The topological polar surface area (TPSA) is 116 Å². The van der Waals surface area contributed by atoms with Crippen molar-refractivity contribution < 1.29 is 0 Å². The molecule has 36 rings (SSSR count). The lowest BCUT2D eigenvalue weighted by Gasteiger charge is -2.38. The van der Waals surface area contributed by atoms with Crippen molar-refractivity contribution in [3.63, 3.8) is 0 Å². The van der Waals surface area contributed by atoms with Crippen molar-refractivity contribution in [2.24, 2.45) is 0 Å². The van der Waals surface area contributed by atoms with E-state index in [1.165, 1.54) is 307 Å². The van der Waals surface area contributed by atoms with Crippen molar-refractivity contribution in [1.29, 1.82) is 0 Å². The normalized spacial score (nSPS) is 14.9. The Bertz CT molecular complexity index is 8490. The van der Waals surface area contributed by atoms with Crippen LogP contribution in [0.2, 0.25) is 0 Å². The highest BCUT2D eigenvalue weighted by atomic mass is 15.2. The van der Waals surface area contributed by atoms with Crippen LogP contribution in [0.4, 0.5) is 68.4 Å². The molecule has 140 heavy (non-hydrogen) atoms. The Balaban J connectivity index is 0.0000000829. The van der Waals surface area contributed by atoms with Crippen LogP contribution in [0.5, 0.6) is 0 Å². The van der Waals surface area contributed by atoms with Gasteiger partial charge in [0.2, 0.25) is 0 Å². The molecule has 16 aliphatic rings. The Morgan fingerprint density at radius 2 is 0.507 bits per heavy atom. The second-order valence-electron chi connectivity index (χ2n) is 40.9. The second-order valence-corrected chi connectivity index (χ2v) is 40.9. The quantitative estimate of drug-likeness (QED) is 0.144. The predicted molar refractivity (Wildman–Crippen MR) is 555 cm³/mol. The van der Waals surface area contributed by atoms with E-state index in [2.05, 4.69) is 278 Å². The summed E-state index contributed by atoms with van der Waals surface area (Å²) < 4.78 is 0. The lowest BCUT2D eigenvalue weighted by atomic mass is 9.88. The standard InChI is InChI=1S/4C32H21N3/c1-2-6-24-18(4-1)12-19-7-8-25-26-15-23-13-20-9-11-33-28-16-21-5-3-10-34-32(21)35(31(20)28)29(23)17-22(26)14-27(25)30(19)24;1-2-5-24-18(4-1)10-20-12-21-13-22-15-31-23(14-25(22)27(21)16-26(20)24)11-19-7-9-34-29-17-28-30(6-3-8-33-28)35(31)32(19)29;1-2-4-24-18(3-1)11-19-5-6-25-26-14-22-12-20-7-10-34-28-15-23-17-33-9-8-29(23)35(32(20)28)30(22)16-21(26)13-27(25)31(19)24;1-2-4-24-18(3-1)11-20-5-6-25-26-14-23-12-21-8-10-34-28-15-19-7-9-33-17-30(19)35(32(21)28)29(23)16-22(26)13-27(25)31(20)24/h1-11,15,17H,12-14,16H2;1-9,12,14-16H,10-11,13,17H2;2*1-10,14,16-17H,11-13,15H2. The van der Waals surface area contributed by atoms with Crippen LogP contribution in [0.25, 0.3) is 89.0 Å². The molecule has 0 fully saturated rings. The molecule has 0 unspecified atom stereocenters. The fourth-order valence-electron chi connectivity index (χ4n) is 27.7. The predicted octanol–water partition coefficient (Wildman–Crippen LogP) is 27.6. The molecule has 0 N–H and O–H groups in total. The number of aromatic nitrogens is 8. The summed E-state index contributed by atoms with van der Waals surface area (Å²) in [5.74, 6) is 1.06. The van der Waals surface area contributed by atoms with Gasteiger partial charge in [0.25, 0.3) is 0 Å². The van der Waals surface area contributed by atoms with Gasteiger partial charge in [-0.3, -0.25) is 39.8 Å². The molecular weight excluding hydrogens is 1710 g/mol. The van der Waals surface area contributed by atoms with E-state index in [1.807, 2.05) is 68.0 Å². The monoisotopic (exact) mass is 1790 g/mol. The van der Waals surface area contributed by atoms with Crippen LogP contribution >= 0.6 is 0 Å². The third-order valence-corrected chi connectivity index (χ3v) is 33.6. The zero-order valence-corrected chi connectivity index (χ0v) is 76.7. The van der Waals surface area contributed by atoms with E-state index in [9.17, 15) is 0 Å². The number of fused-ring (bicyclic) bond motifs is 43. The Morgan fingerprint density at radius 3 is 1.04 bits per heavy atom. The molecule has 0 saturated carbocycles. The summed E-state index contributed by atoms with van der Waals surface area (Å²) in [5.41, 5.74) is 80.6. The van der Waals surface area contributed by atoms with Crippen LogP contribution in [-0.2, 0) is 103 Å². The van der Waals surface area contributed by atoms with Gasteiger partial charge in [0.15, 0.2) is 0 Å². The zero-order chi connectivity index (χ0) is 90.7. The van der Waals surface area contributed by atoms with Crippen molar-refractivity contribution in [2.45, 2.75) is 103 Å². The lowest BCUT2D eigenvalue weighted by molar-refractivity contribution is 0.926. The van der Waals surface area contributed by atoms with E-state index in [-0.39, 0.29) is 0 Å². The van der Waals surface area contributed by atoms with Gasteiger partial charge in [-0.15, -0.1) is 0 Å². The largest absolute Gasteiger partial charge is 0.308 e. The fourth-order valence-corrected chi connectivity index (χ4v) is 27.7. The molecule has 0 bridgehead atoms. The highest BCUT2D eigenvalue weighted by Crippen LogP contribution is 2.61. The van der Waals surface area contributed by atoms with Crippen LogP contribution in [0.15, 0.2) is 317 Å². The Kier molecular flexibility index (Phi) is 15.4. The summed E-state index contributed by atoms with van der Waals surface area (Å²) in [7, 11) is 0. The van der Waals surface area contributed by atoms with Gasteiger partial charge in [-0.2, -0.15) is 0 Å². The minimum atomic E-state index is 0.800. The van der Waals surface area contributed by atoms with Crippen molar-refractivity contribution >= 4 is 68.4 Å². The number of rotatable bonds is 0. The molecule has 0 saturated heterocycles. The van der Waals surface area contributed by atoms with Crippen LogP contribution < -0.4 is 19.6 Å². The van der Waals surface area contributed by atoms with E-state index in [4.69, 9.17) is 29.9 Å². The SMILES string of the molecule is c1ccc2c(c1)Cc1cc3c(cc1-2)-c1cc2c(cc1C3)N1c3cccnc3Cc3nccc(c31)C2.c1ccc2c(c1)Cc1ccc3c(c1-2)Cc1cc2c(cc1-3)Cc1ccnc3c1N2c1ccncc1C3.c1ccc2c(c1)Cc1ccc3c(c1-2)Cc1cc2c(cc1-3)Cc1ccnc3c1N2c1cnccc1C3.c1ccc2c(c1)Cc1ccc3c(c1-2)Cc1cc2c(cc1-3)Cc1ccnc3c1N2c1ncccc1C3. The fraction of sp³-hybridized carbons (Fsp3) is 0.125. The van der Waals surface area contributed by atoms with E-state index in [0.29, 0.717) is 0 Å². The van der Waals surface area contributed by atoms with Crippen LogP contribution in [0.3, 0.4) is 0 Å². The van der Waals surface area contributed by atoms with Gasteiger partial charge < -0.3 is 14.7 Å². The number of nitrogens with zero attached hydrogens (tertiary/aromatic N) is 12. The van der Waals surface area contributed by atoms with E-state index >= 15 is 0 Å². The smallest absolute Gasteiger partial charge is 0.141 e. The molecule has 0 atom stereocenters. The van der Waals surface area contributed by atoms with Crippen molar-refractivity contribution in [1.82, 2.24) is 39.9 Å². The Labute approximate surface area is 809 Å². The number of hydrogen-bond acceptors (Lipinski definition) is 12. The second kappa shape index (κ2) is 28.4. The van der Waals surface area contributed by atoms with E-state index in [1.54, 1.807) is 0 Å². The zero-order valence-electron chi connectivity index (χ0n) is 76.7. The van der Waals surface area contributed by atoms with Gasteiger partial charge in [0, 0.05) is 118 Å². The molecule has 8 aliphatic carbocycles. The van der Waals surface area contributed by atoms with Gasteiger partial charge in [0.1, 0.15) is 5.82 Å². The first kappa shape index (κ1) is 76.2. The highest BCUT2D eigenvalue weighted by Gasteiger charge is 2.43. The minimum Gasteiger partial charge on any atom is -0.308 e. The molecule has 12 aromatic carbocycles. The number of benzene rings is 12. The molecule has 12 heteroatoms. The summed E-state index contributed by atoms with van der Waals surface area (Å²) >= 11 is 0. The number of pyridine rings is 8.